The Morgan fingerprint density at radius 1 is 1.25 bits per heavy atom. The van der Waals surface area contributed by atoms with Gasteiger partial charge >= 0.3 is 5.97 Å². The lowest BCUT2D eigenvalue weighted by atomic mass is 9.77. The summed E-state index contributed by atoms with van der Waals surface area (Å²) in [7, 11) is 0. The summed E-state index contributed by atoms with van der Waals surface area (Å²) in [5.41, 5.74) is 0.304. The summed E-state index contributed by atoms with van der Waals surface area (Å²) >= 11 is 0. The minimum Gasteiger partial charge on any atom is -0.478 e. The maximum atomic E-state index is 12.4. The number of benzene rings is 1. The molecule has 0 heterocycles. The van der Waals surface area contributed by atoms with Gasteiger partial charge in [0.05, 0.1) is 5.56 Å². The highest BCUT2D eigenvalue weighted by atomic mass is 16.4. The third-order valence-electron chi connectivity index (χ3n) is 4.33. The average molecular weight is 275 g/mol. The van der Waals surface area contributed by atoms with Crippen molar-refractivity contribution in [3.8, 4) is 0 Å². The second kappa shape index (κ2) is 5.65. The van der Waals surface area contributed by atoms with Crippen LogP contribution in [0, 0.1) is 11.3 Å². The highest BCUT2D eigenvalue weighted by Crippen LogP contribution is 2.40. The molecule has 1 saturated carbocycles. The van der Waals surface area contributed by atoms with Crippen LogP contribution in [-0.2, 0) is 4.79 Å². The van der Waals surface area contributed by atoms with Crippen LogP contribution in [0.3, 0.4) is 0 Å². The molecule has 1 fully saturated rings. The molecular formula is C16H21NO3. The molecule has 0 aromatic heterocycles. The molecule has 4 heteroatoms. The zero-order valence-corrected chi connectivity index (χ0v) is 12.0. The monoisotopic (exact) mass is 275 g/mol. The predicted molar refractivity (Wildman–Crippen MR) is 77.8 cm³/mol. The van der Waals surface area contributed by atoms with E-state index in [0.717, 1.165) is 12.8 Å². The fraction of sp³-hybridized carbons (Fsp3) is 0.500. The highest BCUT2D eigenvalue weighted by Gasteiger charge is 2.38. The van der Waals surface area contributed by atoms with E-state index in [9.17, 15) is 9.59 Å². The van der Waals surface area contributed by atoms with E-state index < -0.39 is 11.4 Å². The Hall–Kier alpha value is -1.84. The molecule has 0 aliphatic heterocycles. The van der Waals surface area contributed by atoms with Crippen molar-refractivity contribution in [3.63, 3.8) is 0 Å². The van der Waals surface area contributed by atoms with Gasteiger partial charge in [0.25, 0.3) is 0 Å². The first-order valence-electron chi connectivity index (χ1n) is 7.06. The van der Waals surface area contributed by atoms with Crippen molar-refractivity contribution in [1.29, 1.82) is 0 Å². The summed E-state index contributed by atoms with van der Waals surface area (Å²) in [6.45, 7) is 3.94. The number of carbonyl (C=O) groups excluding carboxylic acids is 1. The summed E-state index contributed by atoms with van der Waals surface area (Å²) < 4.78 is 0. The molecule has 1 aliphatic carbocycles. The number of carboxylic acid groups (broad SMARTS) is 1. The third kappa shape index (κ3) is 3.00. The Kier molecular flexibility index (Phi) is 4.12. The molecule has 108 valence electrons. The smallest absolute Gasteiger partial charge is 0.335 e. The fourth-order valence-corrected chi connectivity index (χ4v) is 2.86. The van der Waals surface area contributed by atoms with Crippen molar-refractivity contribution in [1.82, 2.24) is 0 Å². The molecule has 0 spiro atoms. The Labute approximate surface area is 119 Å². The lowest BCUT2D eigenvalue weighted by Crippen LogP contribution is -2.36. The molecule has 0 saturated heterocycles. The van der Waals surface area contributed by atoms with Gasteiger partial charge in [-0.3, -0.25) is 4.79 Å². The van der Waals surface area contributed by atoms with Crippen LogP contribution in [0.2, 0.25) is 0 Å². The number of hydrogen-bond acceptors (Lipinski definition) is 2. The standard InChI is InChI=1S/C16H21NO3/c1-16(2,12-7-3-4-8-12)15(20)17-13-9-5-6-11(10-13)14(18)19/h5-6,9-10,12H,3-4,7-8H2,1-2H3,(H,17,20)(H,18,19). The van der Waals surface area contributed by atoms with Crippen molar-refractivity contribution < 1.29 is 14.7 Å². The van der Waals surface area contributed by atoms with E-state index in [-0.39, 0.29) is 11.5 Å². The van der Waals surface area contributed by atoms with E-state index in [4.69, 9.17) is 5.11 Å². The van der Waals surface area contributed by atoms with Gasteiger partial charge in [-0.25, -0.2) is 4.79 Å². The molecule has 1 aliphatic rings. The summed E-state index contributed by atoms with van der Waals surface area (Å²) in [6.07, 6.45) is 4.57. The van der Waals surface area contributed by atoms with E-state index >= 15 is 0 Å². The van der Waals surface area contributed by atoms with Gasteiger partial charge in [0.15, 0.2) is 0 Å². The van der Waals surface area contributed by atoms with Gasteiger partial charge in [-0.15, -0.1) is 0 Å². The first-order valence-corrected chi connectivity index (χ1v) is 7.06. The quantitative estimate of drug-likeness (QED) is 0.883. The first kappa shape index (κ1) is 14.6. The molecule has 20 heavy (non-hydrogen) atoms. The Balaban J connectivity index is 2.10. The van der Waals surface area contributed by atoms with Crippen LogP contribution < -0.4 is 5.32 Å². The van der Waals surface area contributed by atoms with Gasteiger partial charge in [0.1, 0.15) is 0 Å². The second-order valence-corrected chi connectivity index (χ2v) is 6.04. The summed E-state index contributed by atoms with van der Waals surface area (Å²) in [4.78, 5) is 23.4. The van der Waals surface area contributed by atoms with Crippen molar-refractivity contribution in [2.24, 2.45) is 11.3 Å². The normalized spacial score (nSPS) is 16.1. The molecule has 1 amide bonds. The Morgan fingerprint density at radius 2 is 1.90 bits per heavy atom. The van der Waals surface area contributed by atoms with Gasteiger partial charge in [-0.1, -0.05) is 32.8 Å². The van der Waals surface area contributed by atoms with E-state index in [2.05, 4.69) is 5.32 Å². The number of carboxylic acids is 1. The van der Waals surface area contributed by atoms with Crippen LogP contribution in [0.4, 0.5) is 5.69 Å². The number of hydrogen-bond donors (Lipinski definition) is 2. The van der Waals surface area contributed by atoms with Gasteiger partial charge in [-0.05, 0) is 37.0 Å². The average Bonchev–Trinajstić information content (AvgIpc) is 2.93. The van der Waals surface area contributed by atoms with Crippen molar-refractivity contribution in [3.05, 3.63) is 29.8 Å². The van der Waals surface area contributed by atoms with Crippen LogP contribution in [0.15, 0.2) is 24.3 Å². The molecule has 1 aromatic rings. The maximum absolute atomic E-state index is 12.4. The largest absolute Gasteiger partial charge is 0.478 e. The van der Waals surface area contributed by atoms with Crippen LogP contribution in [0.1, 0.15) is 49.9 Å². The fourth-order valence-electron chi connectivity index (χ4n) is 2.86. The molecule has 0 unspecified atom stereocenters. The van der Waals surface area contributed by atoms with Crippen LogP contribution in [0.25, 0.3) is 0 Å². The zero-order chi connectivity index (χ0) is 14.8. The number of rotatable bonds is 4. The molecular weight excluding hydrogens is 254 g/mol. The maximum Gasteiger partial charge on any atom is 0.335 e. The van der Waals surface area contributed by atoms with Gasteiger partial charge in [0, 0.05) is 11.1 Å². The molecule has 2 rings (SSSR count). The number of anilines is 1. The molecule has 0 bridgehead atoms. The van der Waals surface area contributed by atoms with Gasteiger partial charge in [-0.2, -0.15) is 0 Å². The van der Waals surface area contributed by atoms with Crippen molar-refractivity contribution in [2.45, 2.75) is 39.5 Å². The number of carbonyl (C=O) groups is 2. The third-order valence-corrected chi connectivity index (χ3v) is 4.33. The van der Waals surface area contributed by atoms with E-state index in [0.29, 0.717) is 11.6 Å². The lowest BCUT2D eigenvalue weighted by molar-refractivity contribution is -0.126. The number of aromatic carboxylic acids is 1. The van der Waals surface area contributed by atoms with Crippen molar-refractivity contribution in [2.75, 3.05) is 5.32 Å². The second-order valence-electron chi connectivity index (χ2n) is 6.04. The highest BCUT2D eigenvalue weighted by molar-refractivity contribution is 5.96. The van der Waals surface area contributed by atoms with E-state index in [1.165, 1.54) is 25.0 Å². The molecule has 1 aromatic carbocycles. The molecule has 0 radical (unpaired) electrons. The van der Waals surface area contributed by atoms with Crippen LogP contribution in [0.5, 0.6) is 0 Å². The van der Waals surface area contributed by atoms with E-state index in [1.54, 1.807) is 12.1 Å². The summed E-state index contributed by atoms with van der Waals surface area (Å²) in [5, 5.41) is 11.8. The van der Waals surface area contributed by atoms with Crippen molar-refractivity contribution >= 4 is 17.6 Å². The molecule has 0 atom stereocenters. The van der Waals surface area contributed by atoms with Crippen LogP contribution in [-0.4, -0.2) is 17.0 Å². The number of nitrogens with one attached hydrogen (secondary N) is 1. The van der Waals surface area contributed by atoms with Gasteiger partial charge in [0.2, 0.25) is 5.91 Å². The zero-order valence-electron chi connectivity index (χ0n) is 12.0. The van der Waals surface area contributed by atoms with E-state index in [1.807, 2.05) is 13.8 Å². The lowest BCUT2D eigenvalue weighted by Gasteiger charge is -2.30. The first-order chi connectivity index (χ1) is 9.41. The Morgan fingerprint density at radius 3 is 2.50 bits per heavy atom. The minimum atomic E-state index is -0.990. The SMILES string of the molecule is CC(C)(C(=O)Nc1cccc(C(=O)O)c1)C1CCCC1. The van der Waals surface area contributed by atoms with Crippen LogP contribution >= 0.6 is 0 Å². The Bertz CT molecular complexity index is 516. The summed E-state index contributed by atoms with van der Waals surface area (Å²) in [5.74, 6) is -0.617. The molecule has 4 nitrogen and oxygen atoms in total. The van der Waals surface area contributed by atoms with Gasteiger partial charge < -0.3 is 10.4 Å². The predicted octanol–water partition coefficient (Wildman–Crippen LogP) is 3.54. The minimum absolute atomic E-state index is 0.0352. The molecule has 2 N–H and O–H groups in total. The topological polar surface area (TPSA) is 66.4 Å². The summed E-state index contributed by atoms with van der Waals surface area (Å²) in [6, 6.07) is 6.36. The number of amides is 1.